The monoisotopic (exact) mass is 658 g/mol. The zero-order chi connectivity index (χ0) is 33.8. The van der Waals surface area contributed by atoms with Gasteiger partial charge in [0.05, 0.1) is 23.3 Å². The Hall–Kier alpha value is -3.23. The van der Waals surface area contributed by atoms with E-state index in [1.165, 1.54) is 6.92 Å². The van der Waals surface area contributed by atoms with Crippen LogP contribution in [0.4, 0.5) is 0 Å². The van der Waals surface area contributed by atoms with Crippen molar-refractivity contribution in [3.8, 4) is 0 Å². The van der Waals surface area contributed by atoms with Gasteiger partial charge in [-0.15, -0.1) is 11.6 Å². The van der Waals surface area contributed by atoms with Crippen LogP contribution in [0.25, 0.3) is 0 Å². The Bertz CT molecular complexity index is 1290. The Balaban J connectivity index is 2.14. The molecule has 0 radical (unpaired) electrons. The molecule has 15 heteroatoms. The molecule has 45 heavy (non-hydrogen) atoms. The van der Waals surface area contributed by atoms with Crippen LogP contribution in [0.3, 0.4) is 0 Å². The number of alkyl halides is 1. The Morgan fingerprint density at radius 1 is 0.867 bits per heavy atom. The Morgan fingerprint density at radius 3 is 1.84 bits per heavy atom. The summed E-state index contributed by atoms with van der Waals surface area (Å²) in [5.74, 6) is -7.69. The molecule has 2 saturated heterocycles. The average molecular weight is 659 g/mol. The first kappa shape index (κ1) is 34.6. The van der Waals surface area contributed by atoms with E-state index >= 15 is 0 Å². The van der Waals surface area contributed by atoms with Crippen LogP contribution in [0.2, 0.25) is 0 Å². The van der Waals surface area contributed by atoms with Crippen molar-refractivity contribution >= 4 is 47.4 Å². The first-order chi connectivity index (χ1) is 20.8. The van der Waals surface area contributed by atoms with Gasteiger partial charge >= 0.3 is 35.8 Å². The van der Waals surface area contributed by atoms with E-state index in [0.717, 1.165) is 34.6 Å². The number of hydrogen-bond acceptors (Lipinski definition) is 14. The van der Waals surface area contributed by atoms with Crippen molar-refractivity contribution in [1.29, 1.82) is 0 Å². The maximum Gasteiger partial charge on any atom is 0.312 e. The number of rotatable bonds is 5. The fraction of sp³-hybridized carbons (Fsp3) is 0.733. The van der Waals surface area contributed by atoms with Crippen molar-refractivity contribution < 1.29 is 67.0 Å². The minimum Gasteiger partial charge on any atom is -0.462 e. The molecule has 12 atom stereocenters. The molecule has 2 saturated carbocycles. The highest BCUT2D eigenvalue weighted by Crippen LogP contribution is 2.64. The molecule has 1 spiro atoms. The van der Waals surface area contributed by atoms with Crippen LogP contribution in [0.1, 0.15) is 61.3 Å². The van der Waals surface area contributed by atoms with E-state index in [4.69, 9.17) is 44.8 Å². The van der Waals surface area contributed by atoms with Gasteiger partial charge in [-0.05, 0) is 19.8 Å². The van der Waals surface area contributed by atoms with Crippen molar-refractivity contribution in [2.75, 3.05) is 6.61 Å². The topological polar surface area (TPSA) is 191 Å². The Labute approximate surface area is 264 Å². The van der Waals surface area contributed by atoms with Crippen molar-refractivity contribution in [3.63, 3.8) is 0 Å². The standard InChI is InChI=1S/C30H39ClO14/c1-12-9-10-19(40-14(3)32)28(8)22(26(44-18(7)36)30(38)13(2)27(37)45-23(30)20(12)31)29(11-39-29)25(43-17(6)35)21(41-15(4)33)24(28)42-16(5)34/h13,19-26,38H,1,9-11H2,2-8H3/t13-,19+,20-,21-,22-,23+,24-,25+,26-,28-,29-,30-/m0/s1. The van der Waals surface area contributed by atoms with Crippen LogP contribution in [-0.2, 0) is 61.9 Å². The van der Waals surface area contributed by atoms with E-state index in [2.05, 4.69) is 6.58 Å². The second-order valence-electron chi connectivity index (χ2n) is 12.4. The van der Waals surface area contributed by atoms with Gasteiger partial charge < -0.3 is 38.3 Å². The van der Waals surface area contributed by atoms with Gasteiger partial charge in [-0.3, -0.25) is 28.8 Å². The summed E-state index contributed by atoms with van der Waals surface area (Å²) in [6.45, 7) is 12.3. The predicted molar refractivity (Wildman–Crippen MR) is 150 cm³/mol. The number of carbonyl (C=O) groups is 6. The third-order valence-electron chi connectivity index (χ3n) is 9.44. The molecule has 0 unspecified atom stereocenters. The maximum absolute atomic E-state index is 13.1. The lowest BCUT2D eigenvalue weighted by Gasteiger charge is -2.59. The smallest absolute Gasteiger partial charge is 0.312 e. The average Bonchev–Trinajstić information content (AvgIpc) is 3.67. The normalized spacial score (nSPS) is 42.3. The van der Waals surface area contributed by atoms with Gasteiger partial charge in [0.1, 0.15) is 17.8 Å². The molecule has 0 aromatic heterocycles. The molecule has 4 aliphatic rings. The van der Waals surface area contributed by atoms with Crippen molar-refractivity contribution in [3.05, 3.63) is 12.2 Å². The second-order valence-corrected chi connectivity index (χ2v) is 12.9. The van der Waals surface area contributed by atoms with Gasteiger partial charge in [-0.1, -0.05) is 19.1 Å². The zero-order valence-corrected chi connectivity index (χ0v) is 26.9. The molecule has 14 nitrogen and oxygen atoms in total. The van der Waals surface area contributed by atoms with E-state index in [9.17, 15) is 33.9 Å². The summed E-state index contributed by atoms with van der Waals surface area (Å²) in [6.07, 6.45) is -8.98. The van der Waals surface area contributed by atoms with Gasteiger partial charge in [0.2, 0.25) is 0 Å². The minimum absolute atomic E-state index is 0.00502. The summed E-state index contributed by atoms with van der Waals surface area (Å²) in [7, 11) is 0. The molecule has 2 aliphatic carbocycles. The van der Waals surface area contributed by atoms with Gasteiger partial charge in [0.25, 0.3) is 0 Å². The highest BCUT2D eigenvalue weighted by atomic mass is 35.5. The van der Waals surface area contributed by atoms with Crippen molar-refractivity contribution in [2.24, 2.45) is 17.3 Å². The van der Waals surface area contributed by atoms with Crippen molar-refractivity contribution in [2.45, 2.75) is 115 Å². The second kappa shape index (κ2) is 12.2. The number of aliphatic hydroxyl groups is 1. The van der Waals surface area contributed by atoms with Gasteiger partial charge in [0.15, 0.2) is 30.0 Å². The molecule has 4 rings (SSSR count). The summed E-state index contributed by atoms with van der Waals surface area (Å²) in [5.41, 5.74) is -5.51. The van der Waals surface area contributed by atoms with E-state index in [1.807, 2.05) is 0 Å². The predicted octanol–water partition coefficient (Wildman–Crippen LogP) is 1.30. The molecule has 2 heterocycles. The summed E-state index contributed by atoms with van der Waals surface area (Å²) in [5, 5.41) is 11.5. The maximum atomic E-state index is 13.1. The zero-order valence-electron chi connectivity index (χ0n) is 26.2. The fourth-order valence-electron chi connectivity index (χ4n) is 7.53. The van der Waals surface area contributed by atoms with E-state index in [1.54, 1.807) is 6.92 Å². The van der Waals surface area contributed by atoms with Crippen LogP contribution < -0.4 is 0 Å². The molecule has 0 aromatic rings. The molecule has 4 fully saturated rings. The first-order valence-electron chi connectivity index (χ1n) is 14.6. The van der Waals surface area contributed by atoms with Gasteiger partial charge in [0, 0.05) is 40.5 Å². The van der Waals surface area contributed by atoms with Crippen LogP contribution in [0, 0.1) is 17.3 Å². The fourth-order valence-corrected chi connectivity index (χ4v) is 7.89. The third-order valence-corrected chi connectivity index (χ3v) is 9.97. The Kier molecular flexibility index (Phi) is 9.37. The molecule has 0 amide bonds. The number of halogens is 1. The molecule has 0 aromatic carbocycles. The summed E-state index contributed by atoms with van der Waals surface area (Å²) >= 11 is 6.81. The van der Waals surface area contributed by atoms with E-state index in [0.29, 0.717) is 5.57 Å². The van der Waals surface area contributed by atoms with E-state index < -0.39 is 106 Å². The van der Waals surface area contributed by atoms with Crippen LogP contribution in [0.15, 0.2) is 12.2 Å². The quantitative estimate of drug-likeness (QED) is 0.146. The van der Waals surface area contributed by atoms with Crippen molar-refractivity contribution in [1.82, 2.24) is 0 Å². The lowest BCUT2D eigenvalue weighted by Crippen LogP contribution is -2.76. The first-order valence-corrected chi connectivity index (χ1v) is 15.0. The largest absolute Gasteiger partial charge is 0.462 e. The highest BCUT2D eigenvalue weighted by molar-refractivity contribution is 6.23. The number of carbonyl (C=O) groups excluding carboxylic acids is 6. The number of epoxide rings is 1. The van der Waals surface area contributed by atoms with Crippen LogP contribution in [-0.4, -0.2) is 101 Å². The van der Waals surface area contributed by atoms with Crippen LogP contribution >= 0.6 is 11.6 Å². The Morgan fingerprint density at radius 2 is 1.36 bits per heavy atom. The molecular weight excluding hydrogens is 620 g/mol. The summed E-state index contributed by atoms with van der Waals surface area (Å²) in [6, 6.07) is 0. The number of fused-ring (bicyclic) bond motifs is 3. The lowest BCUT2D eigenvalue weighted by atomic mass is 9.51. The molecule has 0 bridgehead atoms. The summed E-state index contributed by atoms with van der Waals surface area (Å²) in [4.78, 5) is 76.4. The number of ether oxygens (including phenoxy) is 7. The molecule has 2 aliphatic heterocycles. The van der Waals surface area contributed by atoms with Crippen LogP contribution in [0.5, 0.6) is 0 Å². The lowest BCUT2D eigenvalue weighted by molar-refractivity contribution is -0.285. The van der Waals surface area contributed by atoms with Gasteiger partial charge in [-0.25, -0.2) is 0 Å². The van der Waals surface area contributed by atoms with Gasteiger partial charge in [-0.2, -0.15) is 0 Å². The molecule has 250 valence electrons. The SMILES string of the molecule is C=C1CC[C@@H](OC(C)=O)[C@@]2(C)[C@H]([C@H](OC(C)=O)[C@@]3(O)[C@H](OC(=O)[C@@H]3C)[C@H]1Cl)[C@@]1(CO1)[C@H](OC(C)=O)[C@@H](OC(C)=O)[C@@H]2OC(C)=O. The number of esters is 6. The summed E-state index contributed by atoms with van der Waals surface area (Å²) < 4.78 is 40.7. The van der Waals surface area contributed by atoms with E-state index in [-0.39, 0.29) is 19.4 Å². The number of hydrogen-bond donors (Lipinski definition) is 1. The minimum atomic E-state index is -2.38. The molecular formula is C30H39ClO14. The third kappa shape index (κ3) is 5.80. The molecule has 1 N–H and O–H groups in total. The highest BCUT2D eigenvalue weighted by Gasteiger charge is 2.81.